The number of nitrogens with zero attached hydrogens (tertiary/aromatic N) is 2. The molecule has 1 aliphatic rings. The van der Waals surface area contributed by atoms with Crippen molar-refractivity contribution in [2.45, 2.75) is 32.5 Å². The van der Waals surface area contributed by atoms with Crippen molar-refractivity contribution >= 4 is 22.7 Å². The van der Waals surface area contributed by atoms with Crippen LogP contribution >= 0.6 is 0 Å². The molecule has 1 aromatic heterocycles. The maximum atomic E-state index is 12.2. The average molecular weight is 283 g/mol. The third kappa shape index (κ3) is 2.46. The molecule has 1 N–H and O–H groups in total. The second kappa shape index (κ2) is 5.16. The van der Waals surface area contributed by atoms with Crippen LogP contribution in [0.1, 0.15) is 19.4 Å². The summed E-state index contributed by atoms with van der Waals surface area (Å²) >= 11 is 0. The van der Waals surface area contributed by atoms with Crippen LogP contribution in [0.5, 0.6) is 0 Å². The number of aromatic nitrogens is 1. The molecule has 0 spiro atoms. The van der Waals surface area contributed by atoms with Gasteiger partial charge in [0.1, 0.15) is 12.1 Å². The lowest BCUT2D eigenvalue weighted by Gasteiger charge is -2.36. The number of pyridine rings is 1. The highest BCUT2D eigenvalue weighted by atomic mass is 16.2. The van der Waals surface area contributed by atoms with Crippen molar-refractivity contribution in [3.8, 4) is 0 Å². The molecule has 2 heterocycles. The highest BCUT2D eigenvalue weighted by Crippen LogP contribution is 2.18. The fraction of sp³-hybridized carbons (Fsp3) is 0.312. The van der Waals surface area contributed by atoms with E-state index < -0.39 is 12.1 Å². The molecule has 2 unspecified atom stereocenters. The van der Waals surface area contributed by atoms with Crippen molar-refractivity contribution in [2.24, 2.45) is 0 Å². The Hall–Kier alpha value is -2.43. The lowest BCUT2D eigenvalue weighted by Crippen LogP contribution is -2.60. The number of piperazine rings is 1. The number of benzene rings is 1. The van der Waals surface area contributed by atoms with Gasteiger partial charge in [-0.3, -0.25) is 14.6 Å². The minimum absolute atomic E-state index is 0.0478. The third-order valence-corrected chi connectivity index (χ3v) is 3.88. The molecule has 0 radical (unpaired) electrons. The van der Waals surface area contributed by atoms with Crippen LogP contribution in [0, 0.1) is 0 Å². The lowest BCUT2D eigenvalue weighted by atomic mass is 10.1. The number of rotatable bonds is 2. The first-order valence-electron chi connectivity index (χ1n) is 7.01. The van der Waals surface area contributed by atoms with Gasteiger partial charge in [-0.25, -0.2) is 0 Å². The van der Waals surface area contributed by atoms with E-state index >= 15 is 0 Å². The summed E-state index contributed by atoms with van der Waals surface area (Å²) in [7, 11) is 0. The van der Waals surface area contributed by atoms with Crippen LogP contribution in [0.25, 0.3) is 10.9 Å². The number of fused-ring (bicyclic) bond motifs is 1. The molecule has 0 bridgehead atoms. The maximum Gasteiger partial charge on any atom is 0.245 e. The Bertz CT molecular complexity index is 713. The summed E-state index contributed by atoms with van der Waals surface area (Å²) in [5.41, 5.74) is 1.92. The molecule has 2 amide bonds. The quantitative estimate of drug-likeness (QED) is 0.908. The van der Waals surface area contributed by atoms with Gasteiger partial charge in [0.05, 0.1) is 5.52 Å². The standard InChI is InChI=1S/C16H17N3O2/c1-10-16(21)19(11(2)15(20)18-10)9-12-5-6-14-13(8-12)4-3-7-17-14/h3-8,10-11H,9H2,1-2H3,(H,18,20). The van der Waals surface area contributed by atoms with E-state index in [0.717, 1.165) is 16.5 Å². The van der Waals surface area contributed by atoms with E-state index in [1.54, 1.807) is 24.9 Å². The zero-order valence-corrected chi connectivity index (χ0v) is 12.0. The minimum Gasteiger partial charge on any atom is -0.343 e. The van der Waals surface area contributed by atoms with Crippen LogP contribution in [-0.2, 0) is 16.1 Å². The van der Waals surface area contributed by atoms with E-state index in [1.165, 1.54) is 0 Å². The summed E-state index contributed by atoms with van der Waals surface area (Å²) < 4.78 is 0. The summed E-state index contributed by atoms with van der Waals surface area (Å²) in [6, 6.07) is 8.87. The number of carbonyl (C=O) groups excluding carboxylic acids is 2. The smallest absolute Gasteiger partial charge is 0.245 e. The molecule has 1 saturated heterocycles. The van der Waals surface area contributed by atoms with Crippen LogP contribution in [0.3, 0.4) is 0 Å². The fourth-order valence-electron chi connectivity index (χ4n) is 2.61. The Morgan fingerprint density at radius 2 is 2.05 bits per heavy atom. The van der Waals surface area contributed by atoms with Crippen molar-refractivity contribution in [3.05, 3.63) is 42.1 Å². The predicted molar refractivity (Wildman–Crippen MR) is 79.4 cm³/mol. The normalized spacial score (nSPS) is 22.5. The molecular formula is C16H17N3O2. The summed E-state index contributed by atoms with van der Waals surface area (Å²) in [5, 5.41) is 3.72. The number of nitrogens with one attached hydrogen (secondary N) is 1. The second-order valence-corrected chi connectivity index (χ2v) is 5.40. The molecule has 21 heavy (non-hydrogen) atoms. The monoisotopic (exact) mass is 283 g/mol. The molecule has 0 saturated carbocycles. The van der Waals surface area contributed by atoms with E-state index in [1.807, 2.05) is 30.3 Å². The molecule has 2 aromatic rings. The van der Waals surface area contributed by atoms with Gasteiger partial charge >= 0.3 is 0 Å². The van der Waals surface area contributed by atoms with Gasteiger partial charge in [0.25, 0.3) is 0 Å². The largest absolute Gasteiger partial charge is 0.343 e. The number of hydrogen-bond donors (Lipinski definition) is 1. The topological polar surface area (TPSA) is 62.3 Å². The highest BCUT2D eigenvalue weighted by molar-refractivity contribution is 5.96. The first-order valence-corrected chi connectivity index (χ1v) is 7.01. The highest BCUT2D eigenvalue weighted by Gasteiger charge is 2.35. The number of carbonyl (C=O) groups is 2. The molecule has 5 heteroatoms. The molecule has 2 atom stereocenters. The molecular weight excluding hydrogens is 266 g/mol. The molecule has 1 fully saturated rings. The lowest BCUT2D eigenvalue weighted by molar-refractivity contribution is -0.148. The van der Waals surface area contributed by atoms with Crippen molar-refractivity contribution in [1.29, 1.82) is 0 Å². The van der Waals surface area contributed by atoms with Crippen molar-refractivity contribution in [1.82, 2.24) is 15.2 Å². The zero-order valence-electron chi connectivity index (χ0n) is 12.0. The Kier molecular flexibility index (Phi) is 3.33. The van der Waals surface area contributed by atoms with Crippen LogP contribution in [0.2, 0.25) is 0 Å². The molecule has 108 valence electrons. The van der Waals surface area contributed by atoms with Crippen molar-refractivity contribution < 1.29 is 9.59 Å². The molecule has 0 aliphatic carbocycles. The van der Waals surface area contributed by atoms with E-state index in [-0.39, 0.29) is 11.8 Å². The van der Waals surface area contributed by atoms with Gasteiger partial charge in [-0.05, 0) is 37.6 Å². The summed E-state index contributed by atoms with van der Waals surface area (Å²) in [6.45, 7) is 3.90. The fourth-order valence-corrected chi connectivity index (χ4v) is 2.61. The van der Waals surface area contributed by atoms with Gasteiger partial charge in [0.2, 0.25) is 11.8 Å². The van der Waals surface area contributed by atoms with Gasteiger partial charge in [-0.1, -0.05) is 12.1 Å². The van der Waals surface area contributed by atoms with E-state index in [4.69, 9.17) is 0 Å². The van der Waals surface area contributed by atoms with E-state index in [0.29, 0.717) is 6.54 Å². The van der Waals surface area contributed by atoms with Gasteiger partial charge in [-0.2, -0.15) is 0 Å². The first-order chi connectivity index (χ1) is 10.1. The Morgan fingerprint density at radius 3 is 2.86 bits per heavy atom. The van der Waals surface area contributed by atoms with Crippen molar-refractivity contribution in [3.63, 3.8) is 0 Å². The summed E-state index contributed by atoms with van der Waals surface area (Å²) in [5.74, 6) is -0.155. The van der Waals surface area contributed by atoms with Crippen LogP contribution in [0.15, 0.2) is 36.5 Å². The molecule has 1 aromatic carbocycles. The SMILES string of the molecule is CC1NC(=O)C(C)N(Cc2ccc3ncccc3c2)C1=O. The van der Waals surface area contributed by atoms with Gasteiger partial charge in [0, 0.05) is 18.1 Å². The van der Waals surface area contributed by atoms with E-state index in [9.17, 15) is 9.59 Å². The van der Waals surface area contributed by atoms with Crippen LogP contribution in [-0.4, -0.2) is 33.8 Å². The Labute approximate surface area is 123 Å². The molecule has 1 aliphatic heterocycles. The maximum absolute atomic E-state index is 12.2. The van der Waals surface area contributed by atoms with E-state index in [2.05, 4.69) is 10.3 Å². The van der Waals surface area contributed by atoms with Crippen molar-refractivity contribution in [2.75, 3.05) is 0 Å². The van der Waals surface area contributed by atoms with Crippen LogP contribution < -0.4 is 5.32 Å². The Morgan fingerprint density at radius 1 is 1.24 bits per heavy atom. The summed E-state index contributed by atoms with van der Waals surface area (Å²) in [6.07, 6.45) is 1.75. The Balaban J connectivity index is 1.89. The zero-order chi connectivity index (χ0) is 15.0. The number of hydrogen-bond acceptors (Lipinski definition) is 3. The predicted octanol–water partition coefficient (Wildman–Crippen LogP) is 1.47. The third-order valence-electron chi connectivity index (χ3n) is 3.88. The summed E-state index contributed by atoms with van der Waals surface area (Å²) in [4.78, 5) is 30.0. The van der Waals surface area contributed by atoms with Gasteiger partial charge < -0.3 is 10.2 Å². The first kappa shape index (κ1) is 13.5. The van der Waals surface area contributed by atoms with Crippen LogP contribution in [0.4, 0.5) is 0 Å². The number of amides is 2. The average Bonchev–Trinajstić information content (AvgIpc) is 2.49. The minimum atomic E-state index is -0.462. The second-order valence-electron chi connectivity index (χ2n) is 5.40. The van der Waals surface area contributed by atoms with Gasteiger partial charge in [-0.15, -0.1) is 0 Å². The molecule has 3 rings (SSSR count). The van der Waals surface area contributed by atoms with Gasteiger partial charge in [0.15, 0.2) is 0 Å². The molecule has 5 nitrogen and oxygen atoms in total.